The smallest absolute Gasteiger partial charge is 0.232 e. The van der Waals surface area contributed by atoms with Crippen molar-refractivity contribution in [1.82, 2.24) is 9.97 Å². The Hall–Kier alpha value is -0.850. The molecule has 0 saturated carbocycles. The number of nitrogens with zero attached hydrogens (tertiary/aromatic N) is 2. The van der Waals surface area contributed by atoms with Crippen molar-refractivity contribution in [3.8, 4) is 16.5 Å². The molecule has 0 atom stereocenters. The number of ether oxygens (including phenoxy) is 1. The Morgan fingerprint density at radius 2 is 2.19 bits per heavy atom. The predicted molar refractivity (Wildman–Crippen MR) is 70.0 cm³/mol. The lowest BCUT2D eigenvalue weighted by atomic mass is 10.2. The lowest BCUT2D eigenvalue weighted by Crippen LogP contribution is -1.96. The van der Waals surface area contributed by atoms with Gasteiger partial charge in [0.1, 0.15) is 9.52 Å². The summed E-state index contributed by atoms with van der Waals surface area (Å²) in [4.78, 5) is 9.60. The van der Waals surface area contributed by atoms with Crippen LogP contribution in [0.4, 0.5) is 0 Å². The van der Waals surface area contributed by atoms with Crippen molar-refractivity contribution in [3.05, 3.63) is 21.8 Å². The summed E-state index contributed by atoms with van der Waals surface area (Å²) >= 11 is 5.21. The summed E-state index contributed by atoms with van der Waals surface area (Å²) in [5, 5.41) is 0. The van der Waals surface area contributed by atoms with Crippen molar-refractivity contribution in [2.75, 3.05) is 6.61 Å². The molecule has 2 aromatic heterocycles. The van der Waals surface area contributed by atoms with Crippen LogP contribution in [0.5, 0.6) is 5.88 Å². The molecule has 0 aliphatic rings. The van der Waals surface area contributed by atoms with Crippen LogP contribution >= 0.6 is 32.9 Å². The second-order valence-electron chi connectivity index (χ2n) is 3.08. The Balaban J connectivity index is 2.44. The molecule has 2 rings (SSSR count). The minimum Gasteiger partial charge on any atom is -0.477 e. The van der Waals surface area contributed by atoms with E-state index in [1.807, 2.05) is 13.8 Å². The zero-order valence-electron chi connectivity index (χ0n) is 8.89. The number of hydrogen-bond acceptors (Lipinski definition) is 6. The molecule has 6 heteroatoms. The summed E-state index contributed by atoms with van der Waals surface area (Å²) in [6.07, 6.45) is 3.36. The summed E-state index contributed by atoms with van der Waals surface area (Å²) < 4.78 is 6.24. The van der Waals surface area contributed by atoms with Gasteiger partial charge in [0.25, 0.3) is 0 Å². The fourth-order valence-corrected chi connectivity index (χ4v) is 4.02. The van der Waals surface area contributed by atoms with E-state index < -0.39 is 0 Å². The van der Waals surface area contributed by atoms with Crippen molar-refractivity contribution < 1.29 is 4.74 Å². The predicted octanol–water partition coefficient (Wildman–Crippen LogP) is 3.70. The third-order valence-electron chi connectivity index (χ3n) is 1.98. The first kappa shape index (κ1) is 11.6. The molecule has 0 fully saturated rings. The second kappa shape index (κ2) is 4.99. The normalized spacial score (nSPS) is 10.4. The van der Waals surface area contributed by atoms with Crippen LogP contribution < -0.4 is 4.74 Å². The van der Waals surface area contributed by atoms with Gasteiger partial charge in [0, 0.05) is 0 Å². The van der Waals surface area contributed by atoms with Gasteiger partial charge in [-0.25, -0.2) is 4.98 Å². The largest absolute Gasteiger partial charge is 0.477 e. The van der Waals surface area contributed by atoms with Crippen molar-refractivity contribution in [3.63, 3.8) is 0 Å². The van der Waals surface area contributed by atoms with Crippen LogP contribution in [0.1, 0.15) is 12.5 Å². The summed E-state index contributed by atoms with van der Waals surface area (Å²) in [6.45, 7) is 4.53. The van der Waals surface area contributed by atoms with Crippen LogP contribution in [-0.4, -0.2) is 16.6 Å². The quantitative estimate of drug-likeness (QED) is 0.629. The molecule has 0 bridgehead atoms. The Labute approximate surface area is 106 Å². The summed E-state index contributed by atoms with van der Waals surface area (Å²) in [5.41, 5.74) is 1.94. The van der Waals surface area contributed by atoms with Gasteiger partial charge in [-0.15, -0.1) is 0 Å². The van der Waals surface area contributed by atoms with Crippen LogP contribution in [0, 0.1) is 10.7 Å². The molecule has 0 aliphatic heterocycles. The third kappa shape index (κ3) is 2.28. The molecule has 0 N–H and O–H groups in total. The maximum Gasteiger partial charge on any atom is 0.232 e. The van der Waals surface area contributed by atoms with Gasteiger partial charge in [-0.2, -0.15) is 0 Å². The lowest BCUT2D eigenvalue weighted by Gasteiger charge is -2.03. The van der Waals surface area contributed by atoms with E-state index in [4.69, 9.17) is 17.0 Å². The van der Waals surface area contributed by atoms with Crippen LogP contribution in [0.15, 0.2) is 12.4 Å². The van der Waals surface area contributed by atoms with E-state index >= 15 is 0 Å². The second-order valence-corrected chi connectivity index (χ2v) is 5.90. The Bertz CT molecular complexity index is 547. The SMILES string of the molecule is CCOc1cncc(-c2ssc(=S)c2C)n1. The fourth-order valence-electron chi connectivity index (χ4n) is 1.21. The van der Waals surface area contributed by atoms with E-state index in [9.17, 15) is 0 Å². The first-order chi connectivity index (χ1) is 7.72. The van der Waals surface area contributed by atoms with Gasteiger partial charge in [-0.1, -0.05) is 32.9 Å². The standard InChI is InChI=1S/C10H10N2OS3/c1-3-13-8-5-11-4-7(12-8)9-6(2)10(14)16-15-9/h4-5H,3H2,1-2H3. The molecule has 0 amide bonds. The molecule has 16 heavy (non-hydrogen) atoms. The average molecular weight is 270 g/mol. The van der Waals surface area contributed by atoms with Gasteiger partial charge in [0.15, 0.2) is 0 Å². The molecule has 2 heterocycles. The van der Waals surface area contributed by atoms with Crippen molar-refractivity contribution in [2.24, 2.45) is 0 Å². The molecule has 0 radical (unpaired) electrons. The molecule has 84 valence electrons. The third-order valence-corrected chi connectivity index (χ3v) is 5.33. The summed E-state index contributed by atoms with van der Waals surface area (Å²) in [7, 11) is 3.23. The van der Waals surface area contributed by atoms with Gasteiger partial charge in [-0.3, -0.25) is 4.98 Å². The Morgan fingerprint density at radius 1 is 1.38 bits per heavy atom. The van der Waals surface area contributed by atoms with Crippen LogP contribution in [-0.2, 0) is 0 Å². The van der Waals surface area contributed by atoms with Crippen LogP contribution in [0.25, 0.3) is 10.6 Å². The van der Waals surface area contributed by atoms with E-state index in [0.29, 0.717) is 12.5 Å². The molecule has 0 aliphatic carbocycles. The molecule has 0 saturated heterocycles. The van der Waals surface area contributed by atoms with Gasteiger partial charge < -0.3 is 4.74 Å². The van der Waals surface area contributed by atoms with Crippen LogP contribution in [0.3, 0.4) is 0 Å². The zero-order valence-corrected chi connectivity index (χ0v) is 11.3. The number of aromatic nitrogens is 2. The van der Waals surface area contributed by atoms with Gasteiger partial charge in [0.05, 0.1) is 23.9 Å². The molecule has 3 nitrogen and oxygen atoms in total. The highest BCUT2D eigenvalue weighted by Crippen LogP contribution is 2.32. The van der Waals surface area contributed by atoms with E-state index in [-0.39, 0.29) is 0 Å². The van der Waals surface area contributed by atoms with Gasteiger partial charge in [-0.05, 0) is 19.4 Å². The minimum atomic E-state index is 0.559. The topological polar surface area (TPSA) is 35.0 Å². The number of rotatable bonds is 3. The maximum absolute atomic E-state index is 5.32. The van der Waals surface area contributed by atoms with Gasteiger partial charge >= 0.3 is 0 Å². The van der Waals surface area contributed by atoms with E-state index in [2.05, 4.69) is 9.97 Å². The average Bonchev–Trinajstić information content (AvgIpc) is 2.61. The maximum atomic E-state index is 5.32. The molecule has 2 aromatic rings. The Morgan fingerprint density at radius 3 is 2.81 bits per heavy atom. The van der Waals surface area contributed by atoms with E-state index in [1.165, 1.54) is 0 Å². The minimum absolute atomic E-state index is 0.559. The molecular weight excluding hydrogens is 260 g/mol. The van der Waals surface area contributed by atoms with Crippen molar-refractivity contribution >= 4 is 32.9 Å². The fraction of sp³-hybridized carbons (Fsp3) is 0.300. The molecule has 0 unspecified atom stereocenters. The first-order valence-electron chi connectivity index (χ1n) is 4.77. The lowest BCUT2D eigenvalue weighted by molar-refractivity contribution is 0.325. The van der Waals surface area contributed by atoms with E-state index in [1.54, 1.807) is 33.1 Å². The van der Waals surface area contributed by atoms with Crippen molar-refractivity contribution in [2.45, 2.75) is 13.8 Å². The summed E-state index contributed by atoms with van der Waals surface area (Å²) in [5.74, 6) is 0.559. The van der Waals surface area contributed by atoms with E-state index in [0.717, 1.165) is 20.0 Å². The summed E-state index contributed by atoms with van der Waals surface area (Å²) in [6, 6.07) is 0. The highest BCUT2D eigenvalue weighted by molar-refractivity contribution is 7.80. The molecule has 0 aromatic carbocycles. The highest BCUT2D eigenvalue weighted by Gasteiger charge is 2.09. The first-order valence-corrected chi connectivity index (χ1v) is 7.33. The molecule has 0 spiro atoms. The molecular formula is C10H10N2OS3. The zero-order chi connectivity index (χ0) is 11.5. The number of hydrogen-bond donors (Lipinski definition) is 0. The monoisotopic (exact) mass is 270 g/mol. The van der Waals surface area contributed by atoms with Gasteiger partial charge in [0.2, 0.25) is 5.88 Å². The van der Waals surface area contributed by atoms with Crippen molar-refractivity contribution in [1.29, 1.82) is 0 Å². The van der Waals surface area contributed by atoms with Crippen LogP contribution in [0.2, 0.25) is 0 Å². The Kier molecular flexibility index (Phi) is 3.63. The highest BCUT2D eigenvalue weighted by atomic mass is 32.9.